The largest absolute Gasteiger partial charge is 0.481 e. The highest BCUT2D eigenvalue weighted by Crippen LogP contribution is 2.39. The van der Waals surface area contributed by atoms with E-state index in [-0.39, 0.29) is 28.8 Å². The number of benzene rings is 2. The van der Waals surface area contributed by atoms with Crippen LogP contribution in [0.15, 0.2) is 42.5 Å². The van der Waals surface area contributed by atoms with E-state index < -0.39 is 38.6 Å². The van der Waals surface area contributed by atoms with E-state index in [4.69, 9.17) is 23.2 Å². The van der Waals surface area contributed by atoms with Gasteiger partial charge in [0.05, 0.1) is 22.0 Å². The first kappa shape index (κ1) is 21.2. The highest BCUT2D eigenvalue weighted by Gasteiger charge is 2.28. The molecule has 3 rings (SSSR count). The highest BCUT2D eigenvalue weighted by molar-refractivity contribution is 6.35. The fourth-order valence-corrected chi connectivity index (χ4v) is 3.41. The molecule has 0 saturated carbocycles. The number of hydrogen-bond acceptors (Lipinski definition) is 6. The third-order valence-electron chi connectivity index (χ3n) is 4.21. The molecule has 0 aliphatic carbocycles. The molecular formula is C18H12Cl2N4O6. The summed E-state index contributed by atoms with van der Waals surface area (Å²) in [5.74, 6) is -1.12. The van der Waals surface area contributed by atoms with E-state index in [1.807, 2.05) is 0 Å². The normalized spacial score (nSPS) is 10.7. The number of aliphatic carboxylic acids is 1. The van der Waals surface area contributed by atoms with Gasteiger partial charge in [0, 0.05) is 24.2 Å². The Bertz CT molecular complexity index is 1130. The monoisotopic (exact) mass is 450 g/mol. The fourth-order valence-electron chi connectivity index (χ4n) is 2.91. The van der Waals surface area contributed by atoms with Crippen molar-refractivity contribution in [2.75, 3.05) is 0 Å². The maximum absolute atomic E-state index is 11.3. The van der Waals surface area contributed by atoms with Crippen molar-refractivity contribution in [3.63, 3.8) is 0 Å². The Hall–Kier alpha value is -3.50. The molecule has 154 valence electrons. The molecule has 0 spiro atoms. The topological polar surface area (TPSA) is 141 Å². The third-order valence-corrected chi connectivity index (χ3v) is 4.90. The Kier molecular flexibility index (Phi) is 5.99. The van der Waals surface area contributed by atoms with Crippen LogP contribution in [0.1, 0.15) is 11.3 Å². The molecule has 1 aromatic heterocycles. The van der Waals surface area contributed by atoms with Gasteiger partial charge in [-0.25, -0.2) is 4.98 Å². The van der Waals surface area contributed by atoms with Gasteiger partial charge in [-0.15, -0.1) is 0 Å². The van der Waals surface area contributed by atoms with Crippen LogP contribution >= 0.6 is 23.2 Å². The van der Waals surface area contributed by atoms with Crippen molar-refractivity contribution < 1.29 is 19.7 Å². The Morgan fingerprint density at radius 2 is 1.63 bits per heavy atom. The second-order valence-corrected chi connectivity index (χ2v) is 6.89. The molecule has 0 atom stereocenters. The molecule has 0 aliphatic rings. The number of hydrogen-bond donors (Lipinski definition) is 1. The number of halogens is 2. The van der Waals surface area contributed by atoms with Crippen molar-refractivity contribution in [2.45, 2.75) is 13.0 Å². The molecule has 12 heteroatoms. The lowest BCUT2D eigenvalue weighted by Crippen LogP contribution is -2.11. The lowest BCUT2D eigenvalue weighted by Gasteiger charge is -2.12. The highest BCUT2D eigenvalue weighted by atomic mass is 35.5. The molecule has 0 saturated heterocycles. The number of nitro groups is 2. The van der Waals surface area contributed by atoms with E-state index in [1.54, 1.807) is 30.3 Å². The molecule has 10 nitrogen and oxygen atoms in total. The van der Waals surface area contributed by atoms with Gasteiger partial charge in [0.25, 0.3) is 11.4 Å². The zero-order valence-corrected chi connectivity index (χ0v) is 16.5. The predicted octanol–water partition coefficient (Wildman–Crippen LogP) is 4.35. The summed E-state index contributed by atoms with van der Waals surface area (Å²) in [7, 11) is 0. The zero-order valence-electron chi connectivity index (χ0n) is 15.0. The van der Waals surface area contributed by atoms with Crippen molar-refractivity contribution in [3.05, 3.63) is 84.1 Å². The van der Waals surface area contributed by atoms with Gasteiger partial charge < -0.3 is 9.67 Å². The van der Waals surface area contributed by atoms with E-state index in [0.717, 1.165) is 17.7 Å². The SMILES string of the molecule is O=C(O)Cc1c(Cl)nc(-c2cc([N+](=O)[O-])c(Cl)c([N+](=O)[O-])c2)n1Cc1ccccc1. The van der Waals surface area contributed by atoms with E-state index in [1.165, 1.54) is 4.57 Å². The average Bonchev–Trinajstić information content (AvgIpc) is 2.97. The minimum atomic E-state index is -1.16. The summed E-state index contributed by atoms with van der Waals surface area (Å²) in [6.07, 6.45) is -0.462. The molecule has 2 aromatic carbocycles. The van der Waals surface area contributed by atoms with Gasteiger partial charge in [-0.1, -0.05) is 53.5 Å². The third kappa shape index (κ3) is 4.24. The Morgan fingerprint density at radius 1 is 1.07 bits per heavy atom. The summed E-state index contributed by atoms with van der Waals surface area (Å²) in [4.78, 5) is 36.4. The first-order chi connectivity index (χ1) is 14.2. The summed E-state index contributed by atoms with van der Waals surface area (Å²) in [6.45, 7) is 0.142. The number of nitrogens with zero attached hydrogens (tertiary/aromatic N) is 4. The Balaban J connectivity index is 2.26. The standard InChI is InChI=1S/C18H12Cl2N4O6/c19-16-12(23(27)28)6-11(7-13(16)24(29)30)18-21-17(20)14(8-15(25)26)22(18)9-10-4-2-1-3-5-10/h1-7H,8-9H2,(H,25,26). The van der Waals surface area contributed by atoms with Crippen LogP contribution in [0.3, 0.4) is 0 Å². The fraction of sp³-hybridized carbons (Fsp3) is 0.111. The summed E-state index contributed by atoms with van der Waals surface area (Å²) < 4.78 is 1.46. The maximum atomic E-state index is 11.3. The molecule has 1 N–H and O–H groups in total. The summed E-state index contributed by atoms with van der Waals surface area (Å²) in [5, 5.41) is 31.2. The molecule has 0 bridgehead atoms. The van der Waals surface area contributed by atoms with Crippen LogP contribution in [-0.4, -0.2) is 30.5 Å². The molecule has 0 amide bonds. The average molecular weight is 451 g/mol. The maximum Gasteiger partial charge on any atom is 0.309 e. The van der Waals surface area contributed by atoms with Crippen LogP contribution in [0, 0.1) is 20.2 Å². The van der Waals surface area contributed by atoms with Crippen LogP contribution in [0.2, 0.25) is 10.2 Å². The smallest absolute Gasteiger partial charge is 0.309 e. The second-order valence-electron chi connectivity index (χ2n) is 6.16. The quantitative estimate of drug-likeness (QED) is 0.416. The van der Waals surface area contributed by atoms with Gasteiger partial charge in [0.15, 0.2) is 10.2 Å². The van der Waals surface area contributed by atoms with Gasteiger partial charge in [-0.05, 0) is 5.56 Å². The summed E-state index contributed by atoms with van der Waals surface area (Å²) in [5.41, 5.74) is -0.412. The van der Waals surface area contributed by atoms with Crippen molar-refractivity contribution >= 4 is 40.5 Å². The van der Waals surface area contributed by atoms with Gasteiger partial charge in [-0.2, -0.15) is 0 Å². The Labute approximate surface area is 178 Å². The van der Waals surface area contributed by atoms with Crippen LogP contribution in [-0.2, 0) is 17.8 Å². The van der Waals surface area contributed by atoms with Crippen LogP contribution in [0.25, 0.3) is 11.4 Å². The van der Waals surface area contributed by atoms with Crippen LogP contribution in [0.4, 0.5) is 11.4 Å². The van der Waals surface area contributed by atoms with Gasteiger partial charge in [0.2, 0.25) is 0 Å². The Morgan fingerprint density at radius 3 is 2.13 bits per heavy atom. The molecule has 0 unspecified atom stereocenters. The molecule has 30 heavy (non-hydrogen) atoms. The lowest BCUT2D eigenvalue weighted by atomic mass is 10.1. The number of nitro benzene ring substituents is 2. The molecule has 0 aliphatic heterocycles. The molecule has 0 radical (unpaired) electrons. The van der Waals surface area contributed by atoms with Crippen molar-refractivity contribution in [1.82, 2.24) is 9.55 Å². The van der Waals surface area contributed by atoms with Crippen LogP contribution < -0.4 is 0 Å². The van der Waals surface area contributed by atoms with E-state index in [2.05, 4.69) is 4.98 Å². The minimum absolute atomic E-state index is 0.00673. The minimum Gasteiger partial charge on any atom is -0.481 e. The van der Waals surface area contributed by atoms with E-state index in [0.29, 0.717) is 0 Å². The summed E-state index contributed by atoms with van der Waals surface area (Å²) in [6, 6.07) is 11.0. The first-order valence-corrected chi connectivity index (χ1v) is 9.08. The number of carboxylic acids is 1. The molecule has 1 heterocycles. The lowest BCUT2D eigenvalue weighted by molar-refractivity contribution is -0.393. The van der Waals surface area contributed by atoms with E-state index >= 15 is 0 Å². The number of carbonyl (C=O) groups is 1. The molecule has 0 fully saturated rings. The van der Waals surface area contributed by atoms with Crippen molar-refractivity contribution in [3.8, 4) is 11.4 Å². The van der Waals surface area contributed by atoms with Crippen LogP contribution in [0.5, 0.6) is 0 Å². The van der Waals surface area contributed by atoms with Crippen molar-refractivity contribution in [1.29, 1.82) is 0 Å². The molecular weight excluding hydrogens is 439 g/mol. The number of carboxylic acid groups (broad SMARTS) is 1. The number of imidazole rings is 1. The zero-order chi connectivity index (χ0) is 22.0. The number of aromatic nitrogens is 2. The van der Waals surface area contributed by atoms with Crippen molar-refractivity contribution in [2.24, 2.45) is 0 Å². The number of rotatable bonds is 7. The van der Waals surface area contributed by atoms with Gasteiger partial charge in [-0.3, -0.25) is 25.0 Å². The predicted molar refractivity (Wildman–Crippen MR) is 108 cm³/mol. The van der Waals surface area contributed by atoms with E-state index in [9.17, 15) is 30.1 Å². The van der Waals surface area contributed by atoms with Gasteiger partial charge >= 0.3 is 5.97 Å². The second kappa shape index (κ2) is 8.47. The summed E-state index contributed by atoms with van der Waals surface area (Å²) >= 11 is 12.0. The first-order valence-electron chi connectivity index (χ1n) is 8.32. The molecule has 3 aromatic rings. The van der Waals surface area contributed by atoms with Gasteiger partial charge in [0.1, 0.15) is 5.82 Å².